The summed E-state index contributed by atoms with van der Waals surface area (Å²) >= 11 is 0. The van der Waals surface area contributed by atoms with Crippen molar-refractivity contribution in [3.8, 4) is 11.4 Å². The number of para-hydroxylation sites is 1. The summed E-state index contributed by atoms with van der Waals surface area (Å²) in [4.78, 5) is 4.88. The van der Waals surface area contributed by atoms with Crippen molar-refractivity contribution < 1.29 is 4.74 Å². The van der Waals surface area contributed by atoms with Crippen LogP contribution >= 0.6 is 0 Å². The second kappa shape index (κ2) is 8.17. The number of benzene rings is 2. The Labute approximate surface area is 167 Å². The molecule has 2 aromatic carbocycles. The van der Waals surface area contributed by atoms with Gasteiger partial charge >= 0.3 is 0 Å². The van der Waals surface area contributed by atoms with E-state index in [0.717, 1.165) is 31.1 Å². The van der Waals surface area contributed by atoms with Crippen LogP contribution in [0, 0.1) is 0 Å². The number of ether oxygens (including phenoxy) is 1. The van der Waals surface area contributed by atoms with Gasteiger partial charge in [-0.15, -0.1) is 0 Å². The first kappa shape index (κ1) is 18.7. The number of hydrogen-bond donors (Lipinski definition) is 0. The summed E-state index contributed by atoms with van der Waals surface area (Å²) in [5.74, 6) is 1.40. The summed E-state index contributed by atoms with van der Waals surface area (Å²) in [6.45, 7) is 3.02. The van der Waals surface area contributed by atoms with Gasteiger partial charge < -0.3 is 9.64 Å². The van der Waals surface area contributed by atoms with Crippen molar-refractivity contribution in [3.05, 3.63) is 78.1 Å². The van der Waals surface area contributed by atoms with Crippen LogP contribution in [-0.4, -0.2) is 59.9 Å². The minimum Gasteiger partial charge on any atom is -0.497 e. The molecular weight excluding hydrogens is 348 g/mol. The maximum atomic E-state index is 5.31. The molecule has 28 heavy (non-hydrogen) atoms. The van der Waals surface area contributed by atoms with Gasteiger partial charge in [0.1, 0.15) is 5.75 Å². The molecule has 5 nitrogen and oxygen atoms in total. The monoisotopic (exact) mass is 376 g/mol. The third-order valence-corrected chi connectivity index (χ3v) is 5.63. The average Bonchev–Trinajstić information content (AvgIpc) is 3.36. The summed E-state index contributed by atoms with van der Waals surface area (Å²) in [5, 5.41) is 4.54. The third-order valence-electron chi connectivity index (χ3n) is 5.63. The quantitative estimate of drug-likeness (QED) is 0.660. The van der Waals surface area contributed by atoms with Crippen molar-refractivity contribution in [2.75, 3.05) is 34.3 Å². The van der Waals surface area contributed by atoms with Crippen molar-refractivity contribution in [2.45, 2.75) is 18.5 Å². The van der Waals surface area contributed by atoms with E-state index in [0.29, 0.717) is 12.0 Å². The maximum absolute atomic E-state index is 5.31. The Hall–Kier alpha value is -2.63. The highest BCUT2D eigenvalue weighted by atomic mass is 16.5. The van der Waals surface area contributed by atoms with Crippen LogP contribution in [0.25, 0.3) is 5.69 Å². The molecule has 2 atom stereocenters. The lowest BCUT2D eigenvalue weighted by molar-refractivity contribution is 0.259. The molecule has 0 aliphatic carbocycles. The summed E-state index contributed by atoms with van der Waals surface area (Å²) < 4.78 is 7.27. The Balaban J connectivity index is 1.48. The Morgan fingerprint density at radius 2 is 1.79 bits per heavy atom. The van der Waals surface area contributed by atoms with Gasteiger partial charge in [-0.05, 0) is 43.9 Å². The number of likely N-dealkylation sites (N-methyl/N-ethyl adjacent to an activating group) is 1. The largest absolute Gasteiger partial charge is 0.497 e. The molecular formula is C23H28N4O. The molecule has 0 unspecified atom stereocenters. The Bertz CT molecular complexity index is 888. The summed E-state index contributed by atoms with van der Waals surface area (Å²) in [7, 11) is 6.07. The summed E-state index contributed by atoms with van der Waals surface area (Å²) in [6.07, 6.45) is 4.12. The van der Waals surface area contributed by atoms with Crippen LogP contribution in [0.1, 0.15) is 17.0 Å². The molecule has 1 saturated heterocycles. The molecule has 1 aliphatic heterocycles. The van der Waals surface area contributed by atoms with Crippen molar-refractivity contribution in [1.82, 2.24) is 19.6 Å². The van der Waals surface area contributed by atoms with Crippen LogP contribution in [0.5, 0.6) is 5.75 Å². The number of methoxy groups -OCH3 is 1. The van der Waals surface area contributed by atoms with Crippen LogP contribution in [0.4, 0.5) is 0 Å². The Morgan fingerprint density at radius 3 is 2.46 bits per heavy atom. The summed E-state index contributed by atoms with van der Waals surface area (Å²) in [5.41, 5.74) is 3.72. The van der Waals surface area contributed by atoms with E-state index < -0.39 is 0 Å². The molecule has 5 heteroatoms. The number of hydrogen-bond acceptors (Lipinski definition) is 4. The minimum absolute atomic E-state index is 0.491. The van der Waals surface area contributed by atoms with Gasteiger partial charge in [-0.1, -0.05) is 30.3 Å². The fourth-order valence-electron chi connectivity index (χ4n) is 4.12. The van der Waals surface area contributed by atoms with E-state index in [1.54, 1.807) is 7.11 Å². The van der Waals surface area contributed by atoms with E-state index in [1.165, 1.54) is 11.1 Å². The molecule has 0 bridgehead atoms. The van der Waals surface area contributed by atoms with E-state index in [4.69, 9.17) is 4.74 Å². The summed E-state index contributed by atoms with van der Waals surface area (Å²) in [6, 6.07) is 19.3. The molecule has 146 valence electrons. The molecule has 1 fully saturated rings. The predicted octanol–water partition coefficient (Wildman–Crippen LogP) is 3.41. The number of rotatable bonds is 6. The molecule has 1 aromatic heterocycles. The van der Waals surface area contributed by atoms with Crippen molar-refractivity contribution in [2.24, 2.45) is 0 Å². The minimum atomic E-state index is 0.491. The number of aromatic nitrogens is 2. The van der Waals surface area contributed by atoms with Gasteiger partial charge in [0.2, 0.25) is 0 Å². The zero-order valence-corrected chi connectivity index (χ0v) is 16.8. The molecule has 0 amide bonds. The molecule has 1 aliphatic rings. The fraction of sp³-hybridized carbons (Fsp3) is 0.348. The zero-order chi connectivity index (χ0) is 19.5. The van der Waals surface area contributed by atoms with Gasteiger partial charge in [-0.25, -0.2) is 4.68 Å². The average molecular weight is 377 g/mol. The van der Waals surface area contributed by atoms with Crippen molar-refractivity contribution >= 4 is 0 Å². The SMILES string of the molecule is COc1ccc([C@@H]2CN(Cc3cnn(-c4ccccc4)c3)C[C@H]2N(C)C)cc1. The van der Waals surface area contributed by atoms with Gasteiger partial charge in [0.25, 0.3) is 0 Å². The van der Waals surface area contributed by atoms with Gasteiger partial charge in [0, 0.05) is 43.4 Å². The molecule has 0 saturated carbocycles. The lowest BCUT2D eigenvalue weighted by Gasteiger charge is -2.25. The Morgan fingerprint density at radius 1 is 1.04 bits per heavy atom. The molecule has 4 rings (SSSR count). The molecule has 2 heterocycles. The first-order chi connectivity index (χ1) is 13.6. The van der Waals surface area contributed by atoms with E-state index in [9.17, 15) is 0 Å². The van der Waals surface area contributed by atoms with E-state index in [1.807, 2.05) is 29.1 Å². The van der Waals surface area contributed by atoms with Crippen LogP contribution in [0.15, 0.2) is 67.0 Å². The number of likely N-dealkylation sites (tertiary alicyclic amines) is 1. The van der Waals surface area contributed by atoms with E-state index >= 15 is 0 Å². The standard InChI is InChI=1S/C23H28N4O/c1-25(2)23-17-26(16-22(23)19-9-11-21(28-3)12-10-19)14-18-13-24-27(15-18)20-7-5-4-6-8-20/h4-13,15,22-23H,14,16-17H2,1-3H3/t22-,23+/m0/s1. The molecule has 3 aromatic rings. The van der Waals surface area contributed by atoms with Gasteiger partial charge in [-0.2, -0.15) is 5.10 Å². The predicted molar refractivity (Wildman–Crippen MR) is 112 cm³/mol. The lowest BCUT2D eigenvalue weighted by atomic mass is 9.93. The van der Waals surface area contributed by atoms with E-state index in [2.05, 4.69) is 71.6 Å². The van der Waals surface area contributed by atoms with Crippen LogP contribution in [0.2, 0.25) is 0 Å². The van der Waals surface area contributed by atoms with Crippen molar-refractivity contribution in [3.63, 3.8) is 0 Å². The first-order valence-electron chi connectivity index (χ1n) is 9.76. The zero-order valence-electron chi connectivity index (χ0n) is 16.8. The highest BCUT2D eigenvalue weighted by Gasteiger charge is 2.35. The maximum Gasteiger partial charge on any atom is 0.118 e. The number of nitrogens with zero attached hydrogens (tertiary/aromatic N) is 4. The second-order valence-corrected chi connectivity index (χ2v) is 7.73. The highest BCUT2D eigenvalue weighted by molar-refractivity contribution is 5.32. The van der Waals surface area contributed by atoms with Gasteiger partial charge in [0.15, 0.2) is 0 Å². The third kappa shape index (κ3) is 3.96. The van der Waals surface area contributed by atoms with Crippen molar-refractivity contribution in [1.29, 1.82) is 0 Å². The smallest absolute Gasteiger partial charge is 0.118 e. The van der Waals surface area contributed by atoms with Gasteiger partial charge in [-0.3, -0.25) is 4.90 Å². The molecule has 0 radical (unpaired) electrons. The van der Waals surface area contributed by atoms with Crippen LogP contribution < -0.4 is 4.74 Å². The fourth-order valence-corrected chi connectivity index (χ4v) is 4.12. The molecule has 0 spiro atoms. The van der Waals surface area contributed by atoms with Crippen LogP contribution in [0.3, 0.4) is 0 Å². The van der Waals surface area contributed by atoms with E-state index in [-0.39, 0.29) is 0 Å². The second-order valence-electron chi connectivity index (χ2n) is 7.73. The Kier molecular flexibility index (Phi) is 5.46. The molecule has 0 N–H and O–H groups in total. The van der Waals surface area contributed by atoms with Gasteiger partial charge in [0.05, 0.1) is 19.0 Å². The lowest BCUT2D eigenvalue weighted by Crippen LogP contribution is -2.34. The normalized spacial score (nSPS) is 20.0. The topological polar surface area (TPSA) is 33.5 Å². The first-order valence-corrected chi connectivity index (χ1v) is 9.76. The van der Waals surface area contributed by atoms with Crippen LogP contribution in [-0.2, 0) is 6.54 Å². The highest BCUT2D eigenvalue weighted by Crippen LogP contribution is 2.32.